The van der Waals surface area contributed by atoms with Gasteiger partial charge in [-0.25, -0.2) is 8.78 Å². The van der Waals surface area contributed by atoms with Gasteiger partial charge < -0.3 is 4.57 Å². The predicted octanol–water partition coefficient (Wildman–Crippen LogP) is 4.24. The maximum absolute atomic E-state index is 12.7. The summed E-state index contributed by atoms with van der Waals surface area (Å²) in [6.07, 6.45) is 1.47. The fourth-order valence-electron chi connectivity index (χ4n) is 2.04. The second kappa shape index (κ2) is 3.89. The SMILES string of the molecule is CC(C)c1cc(C(F)F)cc2cn(C)cc12. The number of alkyl halides is 2. The van der Waals surface area contributed by atoms with E-state index in [0.717, 1.165) is 16.3 Å². The molecule has 3 heteroatoms. The van der Waals surface area contributed by atoms with Gasteiger partial charge in [-0.2, -0.15) is 0 Å². The molecule has 0 amide bonds. The molecule has 1 heterocycles. The third-order valence-corrected chi connectivity index (χ3v) is 2.82. The number of fused-ring (bicyclic) bond motifs is 1. The molecule has 0 bridgehead atoms. The predicted molar refractivity (Wildman–Crippen MR) is 62.0 cm³/mol. The summed E-state index contributed by atoms with van der Waals surface area (Å²) in [6, 6.07) is 3.20. The van der Waals surface area contributed by atoms with Crippen molar-refractivity contribution >= 4 is 10.8 Å². The Morgan fingerprint density at radius 3 is 2.38 bits per heavy atom. The molecule has 86 valence electrons. The van der Waals surface area contributed by atoms with Crippen LogP contribution in [0.3, 0.4) is 0 Å². The van der Waals surface area contributed by atoms with Crippen LogP contribution in [0, 0.1) is 0 Å². The van der Waals surface area contributed by atoms with Crippen molar-refractivity contribution < 1.29 is 8.78 Å². The molecule has 0 fully saturated rings. The van der Waals surface area contributed by atoms with Crippen LogP contribution in [-0.4, -0.2) is 4.57 Å². The number of halogens is 2. The normalized spacial score (nSPS) is 11.9. The van der Waals surface area contributed by atoms with Crippen LogP contribution < -0.4 is 0 Å². The van der Waals surface area contributed by atoms with Gasteiger partial charge in [0.2, 0.25) is 0 Å². The molecule has 0 aliphatic rings. The molecular weight excluding hydrogens is 208 g/mol. The van der Waals surface area contributed by atoms with Gasteiger partial charge in [-0.1, -0.05) is 13.8 Å². The van der Waals surface area contributed by atoms with Crippen molar-refractivity contribution in [2.75, 3.05) is 0 Å². The van der Waals surface area contributed by atoms with E-state index in [1.54, 1.807) is 12.1 Å². The maximum Gasteiger partial charge on any atom is 0.263 e. The Labute approximate surface area is 93.7 Å². The van der Waals surface area contributed by atoms with Crippen LogP contribution in [0.2, 0.25) is 0 Å². The molecule has 0 saturated heterocycles. The molecule has 0 spiro atoms. The summed E-state index contributed by atoms with van der Waals surface area (Å²) >= 11 is 0. The van der Waals surface area contributed by atoms with Crippen molar-refractivity contribution in [3.05, 3.63) is 35.7 Å². The minimum absolute atomic E-state index is 0.113. The lowest BCUT2D eigenvalue weighted by molar-refractivity contribution is 0.151. The van der Waals surface area contributed by atoms with Crippen LogP contribution in [0.25, 0.3) is 10.8 Å². The van der Waals surface area contributed by atoms with Gasteiger partial charge in [0.15, 0.2) is 0 Å². The van der Waals surface area contributed by atoms with E-state index in [9.17, 15) is 8.78 Å². The largest absolute Gasteiger partial charge is 0.356 e. The number of hydrogen-bond acceptors (Lipinski definition) is 0. The van der Waals surface area contributed by atoms with Gasteiger partial charge in [-0.3, -0.25) is 0 Å². The van der Waals surface area contributed by atoms with Crippen molar-refractivity contribution in [3.63, 3.8) is 0 Å². The number of nitrogens with zero attached hydrogens (tertiary/aromatic N) is 1. The van der Waals surface area contributed by atoms with Gasteiger partial charge in [0, 0.05) is 35.8 Å². The van der Waals surface area contributed by atoms with Crippen molar-refractivity contribution in [2.24, 2.45) is 7.05 Å². The summed E-state index contributed by atoms with van der Waals surface area (Å²) < 4.78 is 27.4. The summed E-state index contributed by atoms with van der Waals surface area (Å²) in [5, 5.41) is 1.96. The molecule has 2 aromatic rings. The van der Waals surface area contributed by atoms with Gasteiger partial charge in [0.05, 0.1) is 0 Å². The molecule has 0 radical (unpaired) electrons. The zero-order valence-corrected chi connectivity index (χ0v) is 9.67. The number of aryl methyl sites for hydroxylation is 1. The molecule has 16 heavy (non-hydrogen) atoms. The third kappa shape index (κ3) is 1.82. The van der Waals surface area contributed by atoms with Gasteiger partial charge in [-0.05, 0) is 23.6 Å². The second-order valence-electron chi connectivity index (χ2n) is 4.49. The average Bonchev–Trinajstić information content (AvgIpc) is 2.55. The van der Waals surface area contributed by atoms with Crippen LogP contribution in [0.1, 0.15) is 37.3 Å². The number of rotatable bonds is 2. The summed E-state index contributed by atoms with van der Waals surface area (Å²) in [5.41, 5.74) is 1.11. The van der Waals surface area contributed by atoms with Crippen molar-refractivity contribution in [1.29, 1.82) is 0 Å². The molecule has 1 aromatic heterocycles. The zero-order chi connectivity index (χ0) is 11.9. The molecule has 0 atom stereocenters. The highest BCUT2D eigenvalue weighted by molar-refractivity contribution is 5.87. The Bertz CT molecular complexity index is 512. The Kier molecular flexibility index (Phi) is 2.70. The summed E-state index contributed by atoms with van der Waals surface area (Å²) in [7, 11) is 1.91. The monoisotopic (exact) mass is 223 g/mol. The Morgan fingerprint density at radius 2 is 1.81 bits per heavy atom. The Hall–Kier alpha value is -1.38. The molecule has 1 nitrogen and oxygen atoms in total. The smallest absolute Gasteiger partial charge is 0.263 e. The van der Waals surface area contributed by atoms with E-state index in [-0.39, 0.29) is 11.5 Å². The molecule has 2 rings (SSSR count). The van der Waals surface area contributed by atoms with Crippen molar-refractivity contribution in [3.8, 4) is 0 Å². The fraction of sp³-hybridized carbons (Fsp3) is 0.385. The van der Waals surface area contributed by atoms with Crippen LogP contribution in [0.15, 0.2) is 24.5 Å². The molecular formula is C13H15F2N. The minimum Gasteiger partial charge on any atom is -0.356 e. The first-order valence-electron chi connectivity index (χ1n) is 5.36. The Balaban J connectivity index is 2.73. The molecule has 0 aliphatic heterocycles. The van der Waals surface area contributed by atoms with E-state index < -0.39 is 6.43 Å². The molecule has 0 unspecified atom stereocenters. The van der Waals surface area contributed by atoms with Crippen molar-refractivity contribution in [1.82, 2.24) is 4.57 Å². The lowest BCUT2D eigenvalue weighted by Gasteiger charge is -2.10. The van der Waals surface area contributed by atoms with Crippen LogP contribution in [0.4, 0.5) is 8.78 Å². The third-order valence-electron chi connectivity index (χ3n) is 2.82. The van der Waals surface area contributed by atoms with Crippen LogP contribution in [0.5, 0.6) is 0 Å². The van der Waals surface area contributed by atoms with E-state index in [2.05, 4.69) is 0 Å². The fourth-order valence-corrected chi connectivity index (χ4v) is 2.04. The summed E-state index contributed by atoms with van der Waals surface area (Å²) in [4.78, 5) is 0. The molecule has 0 saturated carbocycles. The molecule has 0 N–H and O–H groups in total. The highest BCUT2D eigenvalue weighted by Gasteiger charge is 2.14. The summed E-state index contributed by atoms with van der Waals surface area (Å²) in [5.74, 6) is 0.253. The van der Waals surface area contributed by atoms with E-state index in [1.165, 1.54) is 0 Å². The second-order valence-corrected chi connectivity index (χ2v) is 4.49. The first-order valence-corrected chi connectivity index (χ1v) is 5.36. The van der Waals surface area contributed by atoms with E-state index in [1.807, 2.05) is 37.9 Å². The van der Waals surface area contributed by atoms with E-state index in [4.69, 9.17) is 0 Å². The first kappa shape index (κ1) is 11.1. The van der Waals surface area contributed by atoms with Crippen LogP contribution in [-0.2, 0) is 7.05 Å². The van der Waals surface area contributed by atoms with E-state index >= 15 is 0 Å². The number of aromatic nitrogens is 1. The lowest BCUT2D eigenvalue weighted by Crippen LogP contribution is -1.92. The van der Waals surface area contributed by atoms with Crippen molar-refractivity contribution in [2.45, 2.75) is 26.2 Å². The quantitative estimate of drug-likeness (QED) is 0.717. The minimum atomic E-state index is -2.40. The van der Waals surface area contributed by atoms with Crippen LogP contribution >= 0.6 is 0 Å². The topological polar surface area (TPSA) is 4.93 Å². The zero-order valence-electron chi connectivity index (χ0n) is 9.67. The molecule has 0 aliphatic carbocycles. The van der Waals surface area contributed by atoms with Gasteiger partial charge in [-0.15, -0.1) is 0 Å². The molecule has 1 aromatic carbocycles. The summed E-state index contributed by atoms with van der Waals surface area (Å²) in [6.45, 7) is 4.05. The van der Waals surface area contributed by atoms with Gasteiger partial charge in [0.1, 0.15) is 0 Å². The first-order chi connectivity index (χ1) is 7.49. The number of benzene rings is 1. The van der Waals surface area contributed by atoms with E-state index in [0.29, 0.717) is 0 Å². The standard InChI is InChI=1S/C13H15F2N/c1-8(2)11-5-9(13(14)15)4-10-6-16(3)7-12(10)11/h4-8,13H,1-3H3. The number of hydrogen-bond donors (Lipinski definition) is 0. The average molecular weight is 223 g/mol. The lowest BCUT2D eigenvalue weighted by atomic mass is 9.96. The Morgan fingerprint density at radius 1 is 1.12 bits per heavy atom. The highest BCUT2D eigenvalue weighted by atomic mass is 19.3. The highest BCUT2D eigenvalue weighted by Crippen LogP contribution is 2.31. The van der Waals surface area contributed by atoms with Gasteiger partial charge in [0.25, 0.3) is 6.43 Å². The van der Waals surface area contributed by atoms with Gasteiger partial charge >= 0.3 is 0 Å². The maximum atomic E-state index is 12.7.